The van der Waals surface area contributed by atoms with Crippen molar-refractivity contribution in [3.8, 4) is 0 Å². The molecule has 1 atom stereocenters. The average molecular weight is 243 g/mol. The van der Waals surface area contributed by atoms with Gasteiger partial charge < -0.3 is 15.5 Å². The predicted molar refractivity (Wildman–Crippen MR) is 70.9 cm³/mol. The van der Waals surface area contributed by atoms with Crippen molar-refractivity contribution in [3.05, 3.63) is 0 Å². The molecule has 0 spiro atoms. The minimum Gasteiger partial charge on any atom is -0.396 e. The van der Waals surface area contributed by atoms with E-state index in [9.17, 15) is 10.2 Å². The molecule has 1 aliphatic carbocycles. The molecule has 0 aromatic carbocycles. The van der Waals surface area contributed by atoms with Crippen molar-refractivity contribution in [2.45, 2.75) is 58.4 Å². The number of nitrogens with one attached hydrogen (secondary N) is 1. The van der Waals surface area contributed by atoms with Gasteiger partial charge in [0.2, 0.25) is 0 Å². The molecule has 3 nitrogen and oxygen atoms in total. The van der Waals surface area contributed by atoms with Crippen LogP contribution >= 0.6 is 0 Å². The number of aliphatic hydroxyl groups is 2. The molecule has 0 saturated heterocycles. The van der Waals surface area contributed by atoms with Crippen LogP contribution in [0.3, 0.4) is 0 Å². The smallest absolute Gasteiger partial charge is 0.0518 e. The zero-order valence-electron chi connectivity index (χ0n) is 11.4. The Balaban J connectivity index is 2.34. The zero-order valence-corrected chi connectivity index (χ0v) is 11.4. The van der Waals surface area contributed by atoms with Crippen LogP contribution < -0.4 is 5.32 Å². The van der Waals surface area contributed by atoms with Crippen LogP contribution in [0.15, 0.2) is 0 Å². The molecule has 1 saturated carbocycles. The van der Waals surface area contributed by atoms with E-state index in [0.717, 1.165) is 5.92 Å². The van der Waals surface area contributed by atoms with Gasteiger partial charge in [0, 0.05) is 18.0 Å². The first-order valence-electron chi connectivity index (χ1n) is 7.06. The van der Waals surface area contributed by atoms with Crippen LogP contribution in [0.4, 0.5) is 0 Å². The van der Waals surface area contributed by atoms with Gasteiger partial charge in [-0.2, -0.15) is 0 Å². The van der Waals surface area contributed by atoms with Gasteiger partial charge in [-0.25, -0.2) is 0 Å². The van der Waals surface area contributed by atoms with Crippen LogP contribution in [-0.4, -0.2) is 36.0 Å². The topological polar surface area (TPSA) is 52.5 Å². The van der Waals surface area contributed by atoms with E-state index in [1.54, 1.807) is 0 Å². The summed E-state index contributed by atoms with van der Waals surface area (Å²) < 4.78 is 0. The molecule has 102 valence electrons. The van der Waals surface area contributed by atoms with E-state index in [0.29, 0.717) is 12.6 Å². The molecular formula is C14H29NO2. The van der Waals surface area contributed by atoms with Crippen LogP contribution in [-0.2, 0) is 0 Å². The molecule has 1 rings (SSSR count). The van der Waals surface area contributed by atoms with Gasteiger partial charge in [0.15, 0.2) is 0 Å². The lowest BCUT2D eigenvalue weighted by atomic mass is 9.89. The monoisotopic (exact) mass is 243 g/mol. The van der Waals surface area contributed by atoms with Crippen molar-refractivity contribution in [1.29, 1.82) is 0 Å². The van der Waals surface area contributed by atoms with Crippen molar-refractivity contribution >= 4 is 0 Å². The molecule has 0 aromatic heterocycles. The summed E-state index contributed by atoms with van der Waals surface area (Å²) in [6, 6.07) is 0.491. The Labute approximate surface area is 106 Å². The third-order valence-corrected chi connectivity index (χ3v) is 4.22. The number of aliphatic hydroxyl groups excluding tert-OH is 2. The summed E-state index contributed by atoms with van der Waals surface area (Å²) in [6.45, 7) is 4.92. The highest BCUT2D eigenvalue weighted by Crippen LogP contribution is 2.26. The molecule has 17 heavy (non-hydrogen) atoms. The lowest BCUT2D eigenvalue weighted by Crippen LogP contribution is -2.43. The molecular weight excluding hydrogens is 214 g/mol. The van der Waals surface area contributed by atoms with Gasteiger partial charge in [0.05, 0.1) is 13.2 Å². The molecule has 0 unspecified atom stereocenters. The van der Waals surface area contributed by atoms with Crippen molar-refractivity contribution in [2.75, 3.05) is 19.8 Å². The van der Waals surface area contributed by atoms with Gasteiger partial charge >= 0.3 is 0 Å². The summed E-state index contributed by atoms with van der Waals surface area (Å²) in [7, 11) is 0. The fraction of sp³-hybridized carbons (Fsp3) is 1.00. The minimum absolute atomic E-state index is 0.0356. The van der Waals surface area contributed by atoms with E-state index in [2.05, 4.69) is 12.2 Å². The quantitative estimate of drug-likeness (QED) is 0.625. The lowest BCUT2D eigenvalue weighted by molar-refractivity contribution is 0.0654. The highest BCUT2D eigenvalue weighted by Gasteiger charge is 2.25. The summed E-state index contributed by atoms with van der Waals surface area (Å²) in [6.07, 6.45) is 8.12. The number of hydrogen-bond acceptors (Lipinski definition) is 3. The van der Waals surface area contributed by atoms with Gasteiger partial charge in [0.1, 0.15) is 0 Å². The van der Waals surface area contributed by atoms with Crippen LogP contribution in [0.2, 0.25) is 0 Å². The van der Waals surface area contributed by atoms with Gasteiger partial charge in [-0.3, -0.25) is 0 Å². The first-order chi connectivity index (χ1) is 8.11. The second-order valence-corrected chi connectivity index (χ2v) is 6.05. The van der Waals surface area contributed by atoms with E-state index in [1.807, 2.05) is 6.92 Å². The molecule has 0 aromatic rings. The van der Waals surface area contributed by atoms with Crippen LogP contribution in [0.5, 0.6) is 0 Å². The van der Waals surface area contributed by atoms with Gasteiger partial charge in [0.25, 0.3) is 0 Å². The average Bonchev–Trinajstić information content (AvgIpc) is 2.64. The fourth-order valence-corrected chi connectivity index (χ4v) is 2.55. The largest absolute Gasteiger partial charge is 0.396 e. The first-order valence-corrected chi connectivity index (χ1v) is 7.06. The Kier molecular flexibility index (Phi) is 6.45. The van der Waals surface area contributed by atoms with E-state index >= 15 is 0 Å². The molecule has 1 aliphatic rings. The molecule has 0 aliphatic heterocycles. The molecule has 0 amide bonds. The van der Waals surface area contributed by atoms with Gasteiger partial charge in [-0.15, -0.1) is 0 Å². The maximum atomic E-state index is 9.25. The summed E-state index contributed by atoms with van der Waals surface area (Å²) in [4.78, 5) is 0. The maximum Gasteiger partial charge on any atom is 0.0518 e. The van der Waals surface area contributed by atoms with Crippen LogP contribution in [0, 0.1) is 11.3 Å². The standard InChI is InChI=1S/C14H29NO2/c1-12(13-7-5-3-4-6-8-13)15-9-14(2,10-16)11-17/h12-13,15-17H,3-11H2,1-2H3/t12-/m0/s1. The maximum absolute atomic E-state index is 9.25. The molecule has 0 heterocycles. The fourth-order valence-electron chi connectivity index (χ4n) is 2.55. The van der Waals surface area contributed by atoms with Crippen molar-refractivity contribution in [3.63, 3.8) is 0 Å². The van der Waals surface area contributed by atoms with Gasteiger partial charge in [-0.1, -0.05) is 32.6 Å². The Bertz CT molecular complexity index is 196. The van der Waals surface area contributed by atoms with E-state index < -0.39 is 0 Å². The number of hydrogen-bond donors (Lipinski definition) is 3. The Morgan fingerprint density at radius 2 is 1.65 bits per heavy atom. The SMILES string of the molecule is C[C@H](NCC(C)(CO)CO)C1CCCCCC1. The van der Waals surface area contributed by atoms with Crippen molar-refractivity contribution in [1.82, 2.24) is 5.32 Å². The van der Waals surface area contributed by atoms with E-state index in [-0.39, 0.29) is 18.6 Å². The molecule has 0 radical (unpaired) electrons. The van der Waals surface area contributed by atoms with Gasteiger partial charge in [-0.05, 0) is 25.7 Å². The first kappa shape index (κ1) is 14.9. The van der Waals surface area contributed by atoms with Crippen LogP contribution in [0.1, 0.15) is 52.4 Å². The summed E-state index contributed by atoms with van der Waals surface area (Å²) >= 11 is 0. The highest BCUT2D eigenvalue weighted by atomic mass is 16.3. The Morgan fingerprint density at radius 3 is 2.12 bits per heavy atom. The second-order valence-electron chi connectivity index (χ2n) is 6.05. The van der Waals surface area contributed by atoms with Crippen molar-refractivity contribution in [2.24, 2.45) is 11.3 Å². The summed E-state index contributed by atoms with van der Waals surface area (Å²) in [5.74, 6) is 0.763. The molecule has 0 bridgehead atoms. The lowest BCUT2D eigenvalue weighted by Gasteiger charge is -2.30. The number of rotatable bonds is 6. The Morgan fingerprint density at radius 1 is 1.12 bits per heavy atom. The van der Waals surface area contributed by atoms with Crippen molar-refractivity contribution < 1.29 is 10.2 Å². The van der Waals surface area contributed by atoms with Crippen LogP contribution in [0.25, 0.3) is 0 Å². The second kappa shape index (κ2) is 7.34. The third kappa shape index (κ3) is 4.94. The normalized spacial score (nSPS) is 21.2. The summed E-state index contributed by atoms with van der Waals surface area (Å²) in [5, 5.41) is 22.0. The Hall–Kier alpha value is -0.120. The predicted octanol–water partition coefficient (Wildman–Crippen LogP) is 1.93. The highest BCUT2D eigenvalue weighted by molar-refractivity contribution is 4.80. The zero-order chi connectivity index (χ0) is 12.7. The summed E-state index contributed by atoms with van der Waals surface area (Å²) in [5.41, 5.74) is -0.390. The van der Waals surface area contributed by atoms with E-state index in [1.165, 1.54) is 38.5 Å². The molecule has 1 fully saturated rings. The minimum atomic E-state index is -0.390. The molecule has 3 N–H and O–H groups in total. The third-order valence-electron chi connectivity index (χ3n) is 4.22. The van der Waals surface area contributed by atoms with E-state index in [4.69, 9.17) is 0 Å². The molecule has 3 heteroatoms.